The number of benzene rings is 1. The topological polar surface area (TPSA) is 107 Å². The van der Waals surface area contributed by atoms with Gasteiger partial charge < -0.3 is 24.6 Å². The van der Waals surface area contributed by atoms with Crippen molar-refractivity contribution in [3.05, 3.63) is 47.0 Å². The Balaban J connectivity index is 2.04. The van der Waals surface area contributed by atoms with Crippen molar-refractivity contribution in [1.29, 1.82) is 0 Å². The number of rotatable bonds is 9. The molecule has 2 rings (SSSR count). The molecule has 0 aliphatic heterocycles. The zero-order valence-corrected chi connectivity index (χ0v) is 19.1. The van der Waals surface area contributed by atoms with Crippen molar-refractivity contribution in [2.45, 2.75) is 45.9 Å². The van der Waals surface area contributed by atoms with E-state index in [0.29, 0.717) is 0 Å². The van der Waals surface area contributed by atoms with Gasteiger partial charge in [-0.2, -0.15) is 0 Å². The number of aromatic nitrogens is 1. The molecule has 0 unspecified atom stereocenters. The quantitative estimate of drug-likeness (QED) is 0.540. The van der Waals surface area contributed by atoms with E-state index in [0.717, 1.165) is 6.07 Å². The Bertz CT molecular complexity index is 951. The van der Waals surface area contributed by atoms with Crippen LogP contribution >= 0.6 is 11.6 Å². The minimum absolute atomic E-state index is 0.0726. The lowest BCUT2D eigenvalue weighted by Gasteiger charge is -2.29. The van der Waals surface area contributed by atoms with Gasteiger partial charge in [-0.3, -0.25) is 4.79 Å². The van der Waals surface area contributed by atoms with E-state index in [2.05, 4.69) is 10.3 Å². The number of aromatic hydroxyl groups is 1. The van der Waals surface area contributed by atoms with Gasteiger partial charge in [0.15, 0.2) is 17.2 Å². The Labute approximate surface area is 190 Å². The minimum Gasteiger partial charge on any atom is -0.503 e. The molecule has 32 heavy (non-hydrogen) atoms. The molecule has 0 aliphatic carbocycles. The smallest absolute Gasteiger partial charge is 0.328 e. The van der Waals surface area contributed by atoms with Crippen LogP contribution in [0.25, 0.3) is 0 Å². The number of carbonyl (C=O) groups excluding carboxylic acids is 2. The lowest BCUT2D eigenvalue weighted by molar-refractivity contribution is -0.155. The van der Waals surface area contributed by atoms with Gasteiger partial charge >= 0.3 is 5.97 Å². The summed E-state index contributed by atoms with van der Waals surface area (Å²) in [6, 6.07) is 4.15. The van der Waals surface area contributed by atoms with E-state index < -0.39 is 41.7 Å². The molecular formula is C22H26ClFN2O6. The Kier molecular flexibility index (Phi) is 8.65. The summed E-state index contributed by atoms with van der Waals surface area (Å²) in [4.78, 5) is 28.8. The van der Waals surface area contributed by atoms with Gasteiger partial charge in [-0.05, 0) is 31.9 Å². The molecule has 0 bridgehead atoms. The molecule has 0 spiro atoms. The number of pyridine rings is 1. The average molecular weight is 469 g/mol. The second-order valence-corrected chi connectivity index (χ2v) is 7.92. The summed E-state index contributed by atoms with van der Waals surface area (Å²) in [5.74, 6) is -2.30. The number of esters is 1. The van der Waals surface area contributed by atoms with E-state index >= 15 is 0 Å². The van der Waals surface area contributed by atoms with Gasteiger partial charge in [0.05, 0.1) is 7.11 Å². The van der Waals surface area contributed by atoms with Crippen molar-refractivity contribution in [1.82, 2.24) is 10.3 Å². The van der Waals surface area contributed by atoms with Crippen LogP contribution in [-0.2, 0) is 9.53 Å². The zero-order valence-electron chi connectivity index (χ0n) is 18.4. The number of nitrogens with one attached hydrogen (secondary N) is 1. The first-order valence-electron chi connectivity index (χ1n) is 9.89. The Morgan fingerprint density at radius 2 is 1.88 bits per heavy atom. The monoisotopic (exact) mass is 468 g/mol. The molecule has 2 aromatic rings. The highest BCUT2D eigenvalue weighted by Crippen LogP contribution is 2.28. The number of nitrogens with zero attached hydrogens (tertiary/aromatic N) is 1. The lowest BCUT2D eigenvalue weighted by atomic mass is 10.0. The van der Waals surface area contributed by atoms with E-state index in [1.54, 1.807) is 6.92 Å². The van der Waals surface area contributed by atoms with Crippen LogP contribution in [-0.4, -0.2) is 47.3 Å². The molecule has 8 nitrogen and oxygen atoms in total. The van der Waals surface area contributed by atoms with Crippen molar-refractivity contribution in [3.8, 4) is 17.2 Å². The molecule has 0 saturated heterocycles. The van der Waals surface area contributed by atoms with Gasteiger partial charge in [0.1, 0.15) is 29.8 Å². The maximum absolute atomic E-state index is 13.6. The summed E-state index contributed by atoms with van der Waals surface area (Å²) < 4.78 is 29.9. The summed E-state index contributed by atoms with van der Waals surface area (Å²) in [6.07, 6.45) is -0.0436. The fourth-order valence-corrected chi connectivity index (χ4v) is 3.18. The predicted octanol–water partition coefficient (Wildman–Crippen LogP) is 3.74. The summed E-state index contributed by atoms with van der Waals surface area (Å²) in [6.45, 7) is 6.78. The van der Waals surface area contributed by atoms with Gasteiger partial charge in [0, 0.05) is 23.4 Å². The van der Waals surface area contributed by atoms with Gasteiger partial charge in [-0.15, -0.1) is 0 Å². The average Bonchev–Trinajstić information content (AvgIpc) is 2.70. The molecular weight excluding hydrogens is 443 g/mol. The van der Waals surface area contributed by atoms with E-state index in [1.165, 1.54) is 38.4 Å². The maximum atomic E-state index is 13.6. The van der Waals surface area contributed by atoms with Crippen LogP contribution in [0.4, 0.5) is 4.39 Å². The minimum atomic E-state index is -1.05. The number of halogens is 2. The van der Waals surface area contributed by atoms with E-state index in [-0.39, 0.29) is 28.1 Å². The fourth-order valence-electron chi connectivity index (χ4n) is 2.97. The Morgan fingerprint density at radius 3 is 2.47 bits per heavy atom. The van der Waals surface area contributed by atoms with Crippen LogP contribution in [0, 0.1) is 11.7 Å². The van der Waals surface area contributed by atoms with Crippen molar-refractivity contribution < 1.29 is 33.3 Å². The van der Waals surface area contributed by atoms with Crippen LogP contribution in [0.2, 0.25) is 5.02 Å². The normalized spacial score (nSPS) is 13.8. The number of hydrogen-bond donors (Lipinski definition) is 2. The maximum Gasteiger partial charge on any atom is 0.328 e. The molecule has 174 valence electrons. The van der Waals surface area contributed by atoms with Crippen molar-refractivity contribution in [3.63, 3.8) is 0 Å². The first-order chi connectivity index (χ1) is 15.0. The van der Waals surface area contributed by atoms with E-state index in [9.17, 15) is 19.1 Å². The van der Waals surface area contributed by atoms with Gasteiger partial charge in [-0.25, -0.2) is 14.2 Å². The number of carbonyl (C=O) groups is 2. The molecule has 0 radical (unpaired) electrons. The van der Waals surface area contributed by atoms with Crippen LogP contribution in [0.5, 0.6) is 17.2 Å². The molecule has 1 aromatic carbocycles. The number of ether oxygens (including phenoxy) is 3. The summed E-state index contributed by atoms with van der Waals surface area (Å²) in [5, 5.41) is 12.7. The summed E-state index contributed by atoms with van der Waals surface area (Å²) in [7, 11) is 1.34. The molecule has 0 saturated carbocycles. The highest BCUT2D eigenvalue weighted by Gasteiger charge is 2.29. The lowest BCUT2D eigenvalue weighted by Crippen LogP contribution is -2.44. The standard InChI is InChI=1S/C22H26ClFN2O6/c1-11(2)20(32-16-9-14(23)8-15(24)10-16)13(4)31-22(29)12(3)26-21(28)18-19(27)17(30-5)6-7-25-18/h6-13,20,27H,1-5H3,(H,26,28)/t12-,13-,20+/m0/s1. The third-order valence-electron chi connectivity index (χ3n) is 4.55. The van der Waals surface area contributed by atoms with Crippen molar-refractivity contribution in [2.75, 3.05) is 7.11 Å². The molecule has 1 heterocycles. The molecule has 1 aromatic heterocycles. The van der Waals surface area contributed by atoms with Crippen LogP contribution < -0.4 is 14.8 Å². The summed E-state index contributed by atoms with van der Waals surface area (Å²) >= 11 is 5.87. The number of amides is 1. The largest absolute Gasteiger partial charge is 0.503 e. The SMILES string of the molecule is COc1ccnc(C(=O)N[C@@H](C)C(=O)O[C@@H](C)[C@H](Oc2cc(F)cc(Cl)c2)C(C)C)c1O. The van der Waals surface area contributed by atoms with Gasteiger partial charge in [-0.1, -0.05) is 25.4 Å². The zero-order chi connectivity index (χ0) is 24.0. The third-order valence-corrected chi connectivity index (χ3v) is 4.77. The second-order valence-electron chi connectivity index (χ2n) is 7.48. The number of methoxy groups -OCH3 is 1. The third kappa shape index (κ3) is 6.46. The van der Waals surface area contributed by atoms with Crippen LogP contribution in [0.15, 0.2) is 30.5 Å². The molecule has 2 N–H and O–H groups in total. The first-order valence-corrected chi connectivity index (χ1v) is 10.3. The van der Waals surface area contributed by atoms with Crippen molar-refractivity contribution in [2.24, 2.45) is 5.92 Å². The highest BCUT2D eigenvalue weighted by atomic mass is 35.5. The van der Waals surface area contributed by atoms with Crippen LogP contribution in [0.3, 0.4) is 0 Å². The Morgan fingerprint density at radius 1 is 1.19 bits per heavy atom. The number of hydrogen-bond acceptors (Lipinski definition) is 7. The van der Waals surface area contributed by atoms with E-state index in [4.69, 9.17) is 25.8 Å². The molecule has 0 aliphatic rings. The second kappa shape index (κ2) is 11.0. The fraction of sp³-hybridized carbons (Fsp3) is 0.409. The van der Waals surface area contributed by atoms with Gasteiger partial charge in [0.2, 0.25) is 0 Å². The summed E-state index contributed by atoms with van der Waals surface area (Å²) in [5.41, 5.74) is -0.288. The molecule has 1 amide bonds. The molecule has 3 atom stereocenters. The predicted molar refractivity (Wildman–Crippen MR) is 116 cm³/mol. The highest BCUT2D eigenvalue weighted by molar-refractivity contribution is 6.30. The van der Waals surface area contributed by atoms with E-state index in [1.807, 2.05) is 13.8 Å². The van der Waals surface area contributed by atoms with Crippen molar-refractivity contribution >= 4 is 23.5 Å². The Hall–Kier alpha value is -3.07. The first kappa shape index (κ1) is 25.2. The van der Waals surface area contributed by atoms with Gasteiger partial charge in [0.25, 0.3) is 5.91 Å². The van der Waals surface area contributed by atoms with Crippen LogP contribution in [0.1, 0.15) is 38.2 Å². The molecule has 0 fully saturated rings. The molecule has 10 heteroatoms.